The van der Waals surface area contributed by atoms with Crippen LogP contribution in [0.1, 0.15) is 11.1 Å². The van der Waals surface area contributed by atoms with E-state index in [4.69, 9.17) is 10.9 Å². The zero-order chi connectivity index (χ0) is 20.7. The third-order valence-electron chi connectivity index (χ3n) is 3.76. The van der Waals surface area contributed by atoms with Crippen LogP contribution >= 0.6 is 0 Å². The molecule has 0 unspecified atom stereocenters. The minimum Gasteiger partial charge on any atom is -0.382 e. The number of nitrogens with zero attached hydrogens (tertiary/aromatic N) is 4. The van der Waals surface area contributed by atoms with Crippen LogP contribution in [0, 0.1) is 11.3 Å². The lowest BCUT2D eigenvalue weighted by atomic mass is 10.1. The Morgan fingerprint density at radius 3 is 2.43 bits per heavy atom. The topological polar surface area (TPSA) is 141 Å². The van der Waals surface area contributed by atoms with Crippen molar-refractivity contribution in [2.45, 2.75) is 11.1 Å². The van der Waals surface area contributed by atoms with Crippen LogP contribution in [-0.2, 0) is 16.2 Å². The largest absolute Gasteiger partial charge is 0.416 e. The van der Waals surface area contributed by atoms with Crippen LogP contribution in [0.5, 0.6) is 0 Å². The molecule has 0 saturated heterocycles. The second kappa shape index (κ2) is 6.63. The maximum Gasteiger partial charge on any atom is 0.416 e. The van der Waals surface area contributed by atoms with Crippen LogP contribution in [0.4, 0.5) is 19.0 Å². The third kappa shape index (κ3) is 3.53. The number of sulfonamides is 1. The van der Waals surface area contributed by atoms with Gasteiger partial charge in [-0.2, -0.15) is 28.2 Å². The number of nitriles is 1. The first-order valence-corrected chi connectivity index (χ1v) is 9.02. The Bertz CT molecular complexity index is 1190. The minimum absolute atomic E-state index is 0.0398. The van der Waals surface area contributed by atoms with Gasteiger partial charge in [0.25, 0.3) is 0 Å². The first kappa shape index (κ1) is 19.3. The van der Waals surface area contributed by atoms with Crippen molar-refractivity contribution < 1.29 is 21.6 Å². The number of alkyl halides is 3. The fourth-order valence-electron chi connectivity index (χ4n) is 2.43. The van der Waals surface area contributed by atoms with Gasteiger partial charge < -0.3 is 5.73 Å². The maximum absolute atomic E-state index is 13.0. The fraction of sp³-hybridized carbons (Fsp3) is 0.0625. The van der Waals surface area contributed by atoms with Gasteiger partial charge in [-0.15, -0.1) is 0 Å². The summed E-state index contributed by atoms with van der Waals surface area (Å²) in [4.78, 5) is 3.64. The lowest BCUT2D eigenvalue weighted by Gasteiger charge is -2.07. The van der Waals surface area contributed by atoms with E-state index in [9.17, 15) is 26.9 Å². The molecule has 0 aliphatic rings. The summed E-state index contributed by atoms with van der Waals surface area (Å²) in [6.45, 7) is 0. The van der Waals surface area contributed by atoms with Gasteiger partial charge in [0.1, 0.15) is 28.0 Å². The summed E-state index contributed by atoms with van der Waals surface area (Å²) in [6, 6.07) is 8.52. The lowest BCUT2D eigenvalue weighted by Crippen LogP contribution is -2.13. The van der Waals surface area contributed by atoms with Gasteiger partial charge in [0, 0.05) is 11.8 Å². The zero-order valence-electron chi connectivity index (χ0n) is 13.8. The highest BCUT2D eigenvalue weighted by atomic mass is 32.2. The summed E-state index contributed by atoms with van der Waals surface area (Å²) in [7, 11) is -3.96. The molecule has 3 rings (SSSR count). The van der Waals surface area contributed by atoms with E-state index in [1.165, 1.54) is 18.2 Å². The number of nitrogens with two attached hydrogens (primary N) is 2. The molecule has 144 valence electrons. The van der Waals surface area contributed by atoms with Crippen molar-refractivity contribution in [3.8, 4) is 23.1 Å². The average Bonchev–Trinajstić information content (AvgIpc) is 2.97. The zero-order valence-corrected chi connectivity index (χ0v) is 14.7. The first-order chi connectivity index (χ1) is 13.0. The normalized spacial score (nSPS) is 12.0. The van der Waals surface area contributed by atoms with E-state index < -0.39 is 21.8 Å². The van der Waals surface area contributed by atoms with Gasteiger partial charge in [0.2, 0.25) is 10.0 Å². The quantitative estimate of drug-likeness (QED) is 0.680. The molecule has 4 N–H and O–H groups in total. The summed E-state index contributed by atoms with van der Waals surface area (Å²) in [5.41, 5.74) is 4.83. The number of nitrogen functional groups attached to an aromatic ring is 1. The Balaban J connectivity index is 2.14. The summed E-state index contributed by atoms with van der Waals surface area (Å²) in [5.74, 6) is -0.106. The van der Waals surface area contributed by atoms with Gasteiger partial charge in [-0.3, -0.25) is 0 Å². The molecule has 0 atom stereocenters. The SMILES string of the molecule is N#Cc1c(-c2cccc(C(F)(F)F)c2)nn(-c2ccc(S(N)(=O)=O)cn2)c1N. The number of anilines is 1. The number of primary sulfonamides is 1. The fourth-order valence-corrected chi connectivity index (χ4v) is 2.88. The molecular weight excluding hydrogens is 397 g/mol. The molecule has 1 aromatic carbocycles. The van der Waals surface area contributed by atoms with Crippen LogP contribution in [-0.4, -0.2) is 23.2 Å². The molecule has 12 heteroatoms. The highest BCUT2D eigenvalue weighted by Gasteiger charge is 2.31. The molecule has 2 heterocycles. The predicted octanol–water partition coefficient (Wildman–Crippen LogP) is 2.05. The monoisotopic (exact) mass is 408 g/mol. The van der Waals surface area contributed by atoms with Crippen molar-refractivity contribution >= 4 is 15.8 Å². The van der Waals surface area contributed by atoms with Crippen LogP contribution in [0.15, 0.2) is 47.5 Å². The number of hydrogen-bond donors (Lipinski definition) is 2. The van der Waals surface area contributed by atoms with Gasteiger partial charge in [-0.25, -0.2) is 18.5 Å². The second-order valence-corrected chi connectivity index (χ2v) is 7.17. The van der Waals surface area contributed by atoms with E-state index >= 15 is 0 Å². The van der Waals surface area contributed by atoms with Gasteiger partial charge in [0.15, 0.2) is 5.82 Å². The van der Waals surface area contributed by atoms with Gasteiger partial charge >= 0.3 is 6.18 Å². The number of pyridine rings is 1. The molecule has 0 aliphatic heterocycles. The van der Waals surface area contributed by atoms with E-state index in [1.54, 1.807) is 0 Å². The van der Waals surface area contributed by atoms with Crippen LogP contribution in [0.3, 0.4) is 0 Å². The van der Waals surface area contributed by atoms with E-state index in [0.717, 1.165) is 29.1 Å². The Labute approximate surface area is 156 Å². The number of aromatic nitrogens is 3. The molecule has 0 aliphatic carbocycles. The summed E-state index contributed by atoms with van der Waals surface area (Å²) < 4.78 is 62.5. The Hall–Kier alpha value is -3.43. The second-order valence-electron chi connectivity index (χ2n) is 5.61. The Kier molecular flexibility index (Phi) is 4.58. The Morgan fingerprint density at radius 2 is 1.89 bits per heavy atom. The van der Waals surface area contributed by atoms with Crippen molar-refractivity contribution in [2.24, 2.45) is 5.14 Å². The van der Waals surface area contributed by atoms with Crippen molar-refractivity contribution in [2.75, 3.05) is 5.73 Å². The number of rotatable bonds is 3. The van der Waals surface area contributed by atoms with Crippen LogP contribution in [0.2, 0.25) is 0 Å². The van der Waals surface area contributed by atoms with Crippen molar-refractivity contribution in [3.05, 3.63) is 53.7 Å². The summed E-state index contributed by atoms with van der Waals surface area (Å²) >= 11 is 0. The number of halogens is 3. The van der Waals surface area contributed by atoms with E-state index in [2.05, 4.69) is 10.1 Å². The first-order valence-electron chi connectivity index (χ1n) is 7.48. The highest BCUT2D eigenvalue weighted by molar-refractivity contribution is 7.89. The van der Waals surface area contributed by atoms with Gasteiger partial charge in [0.05, 0.1) is 5.56 Å². The lowest BCUT2D eigenvalue weighted by molar-refractivity contribution is -0.137. The molecule has 0 radical (unpaired) electrons. The molecule has 3 aromatic rings. The van der Waals surface area contributed by atoms with E-state index in [-0.39, 0.29) is 33.4 Å². The average molecular weight is 408 g/mol. The number of hydrogen-bond acceptors (Lipinski definition) is 6. The van der Waals surface area contributed by atoms with Crippen molar-refractivity contribution in [3.63, 3.8) is 0 Å². The summed E-state index contributed by atoms with van der Waals surface area (Å²) in [6.07, 6.45) is -3.59. The van der Waals surface area contributed by atoms with Gasteiger partial charge in [-0.05, 0) is 24.3 Å². The molecule has 0 amide bonds. The van der Waals surface area contributed by atoms with Crippen LogP contribution < -0.4 is 10.9 Å². The van der Waals surface area contributed by atoms with Crippen molar-refractivity contribution in [1.29, 1.82) is 5.26 Å². The maximum atomic E-state index is 13.0. The molecule has 8 nitrogen and oxygen atoms in total. The van der Waals surface area contributed by atoms with Crippen LogP contribution in [0.25, 0.3) is 17.1 Å². The molecule has 0 bridgehead atoms. The van der Waals surface area contributed by atoms with E-state index in [0.29, 0.717) is 0 Å². The highest BCUT2D eigenvalue weighted by Crippen LogP contribution is 2.34. The summed E-state index contributed by atoms with van der Waals surface area (Å²) in [5, 5.41) is 18.5. The molecule has 2 aromatic heterocycles. The molecule has 0 saturated carbocycles. The minimum atomic E-state index is -4.57. The Morgan fingerprint density at radius 1 is 1.18 bits per heavy atom. The van der Waals surface area contributed by atoms with E-state index in [1.807, 2.05) is 6.07 Å². The van der Waals surface area contributed by atoms with Gasteiger partial charge in [-0.1, -0.05) is 12.1 Å². The van der Waals surface area contributed by atoms with Crippen molar-refractivity contribution in [1.82, 2.24) is 14.8 Å². The molecule has 28 heavy (non-hydrogen) atoms. The molecule has 0 fully saturated rings. The third-order valence-corrected chi connectivity index (χ3v) is 4.66. The number of benzene rings is 1. The molecular formula is C16H11F3N6O2S. The smallest absolute Gasteiger partial charge is 0.382 e. The standard InChI is InChI=1S/C16H11F3N6O2S/c17-16(18,19)10-3-1-2-9(6-10)14-12(7-20)15(21)25(24-14)13-5-4-11(8-23-13)28(22,26)27/h1-6,8H,21H2,(H2,22,26,27). The predicted molar refractivity (Wildman–Crippen MR) is 92.3 cm³/mol. The molecule has 0 spiro atoms.